The predicted molar refractivity (Wildman–Crippen MR) is 73.6 cm³/mol. The van der Waals surface area contributed by atoms with Crippen LogP contribution in [0.4, 0.5) is 0 Å². The molecule has 2 nitrogen and oxygen atoms in total. The van der Waals surface area contributed by atoms with E-state index in [1.165, 1.54) is 6.07 Å². The summed E-state index contributed by atoms with van der Waals surface area (Å²) in [5.74, 6) is 0.815. The van der Waals surface area contributed by atoms with Gasteiger partial charge in [-0.3, -0.25) is 0 Å². The van der Waals surface area contributed by atoms with Crippen LogP contribution in [0.1, 0.15) is 52.5 Å². The fraction of sp³-hybridized carbons (Fsp3) is 0.571. The Morgan fingerprint density at radius 1 is 1.18 bits per heavy atom. The average Bonchev–Trinajstić information content (AvgIpc) is 2.19. The van der Waals surface area contributed by atoms with E-state index in [4.69, 9.17) is 0 Å². The monoisotopic (exact) mass is 352 g/mol. The van der Waals surface area contributed by atoms with Crippen LogP contribution >= 0.6 is 0 Å². The topological polar surface area (TPSA) is 40.5 Å². The molecule has 0 bridgehead atoms. The summed E-state index contributed by atoms with van der Waals surface area (Å²) < 4.78 is 1.31. The van der Waals surface area contributed by atoms with Crippen molar-refractivity contribution in [3.8, 4) is 11.5 Å². The van der Waals surface area contributed by atoms with E-state index in [-0.39, 0.29) is 15.0 Å². The van der Waals surface area contributed by atoms with E-state index < -0.39 is 20.9 Å². The van der Waals surface area contributed by atoms with Gasteiger partial charge in [-0.1, -0.05) is 0 Å². The molecule has 0 radical (unpaired) electrons. The third-order valence-electron chi connectivity index (χ3n) is 2.67. The van der Waals surface area contributed by atoms with E-state index >= 15 is 0 Å². The molecule has 1 atom stereocenters. The molecular weight excluding hydrogens is 328 g/mol. The Kier molecular flexibility index (Phi) is 4.75. The first-order valence-electron chi connectivity index (χ1n) is 5.99. The number of aromatic hydroxyl groups is 2. The van der Waals surface area contributed by atoms with Crippen molar-refractivity contribution in [3.05, 3.63) is 17.7 Å². The van der Waals surface area contributed by atoms with Crippen molar-refractivity contribution in [2.24, 2.45) is 0 Å². The molecule has 0 aliphatic heterocycles. The van der Waals surface area contributed by atoms with Crippen LogP contribution in [0.3, 0.4) is 0 Å². The molecule has 1 rings (SSSR count). The van der Waals surface area contributed by atoms with Gasteiger partial charge in [0, 0.05) is 0 Å². The van der Waals surface area contributed by atoms with Gasteiger partial charge in [-0.05, 0) is 0 Å². The van der Waals surface area contributed by atoms with Crippen molar-refractivity contribution in [1.29, 1.82) is 0 Å². The number of hydrogen-bond donors (Lipinski definition) is 2. The molecule has 3 heteroatoms. The molecule has 0 saturated heterocycles. The van der Waals surface area contributed by atoms with Gasteiger partial charge < -0.3 is 0 Å². The maximum absolute atomic E-state index is 9.91. The molecule has 0 amide bonds. The molecule has 1 unspecified atom stereocenters. The summed E-state index contributed by atoms with van der Waals surface area (Å²) in [4.78, 5) is 0. The first-order valence-corrected chi connectivity index (χ1v) is 8.32. The van der Waals surface area contributed by atoms with Crippen LogP contribution in [0.15, 0.2) is 12.1 Å². The van der Waals surface area contributed by atoms with E-state index in [0.717, 1.165) is 15.6 Å². The summed E-state index contributed by atoms with van der Waals surface area (Å²) >= 11 is -0.454. The van der Waals surface area contributed by atoms with Crippen LogP contribution in [0, 0.1) is 0 Å². The number of phenols is 2. The minimum atomic E-state index is -0.454. The van der Waals surface area contributed by atoms with E-state index in [1.54, 1.807) is 0 Å². The normalized spacial score (nSPS) is 13.7. The molecule has 2 N–H and O–H groups in total. The number of phenolic OH excluding ortho intramolecular Hbond substituents is 2. The van der Waals surface area contributed by atoms with Crippen molar-refractivity contribution in [2.45, 2.75) is 50.4 Å². The summed E-state index contributed by atoms with van der Waals surface area (Å²) in [5.41, 5.74) is 0.967. The first kappa shape index (κ1) is 14.7. The summed E-state index contributed by atoms with van der Waals surface area (Å²) in [6.45, 7) is 10.8. The molecule has 0 aliphatic rings. The Balaban J connectivity index is 3.15. The van der Waals surface area contributed by atoms with Gasteiger partial charge in [0.05, 0.1) is 0 Å². The van der Waals surface area contributed by atoms with E-state index in [0.29, 0.717) is 5.92 Å². The molecule has 0 fully saturated rings. The van der Waals surface area contributed by atoms with Crippen LogP contribution in [-0.2, 0) is 0 Å². The van der Waals surface area contributed by atoms with Crippen molar-refractivity contribution < 1.29 is 10.2 Å². The van der Waals surface area contributed by atoms with Crippen LogP contribution < -0.4 is 3.61 Å². The number of benzene rings is 1. The third-order valence-corrected chi connectivity index (χ3v) is 5.98. The molecule has 0 aliphatic carbocycles. The van der Waals surface area contributed by atoms with Crippen molar-refractivity contribution >= 4 is 24.5 Å². The van der Waals surface area contributed by atoms with Gasteiger partial charge in [0.1, 0.15) is 0 Å². The SMILES string of the molecule is CCC(C)c1cc([Te]C(C)(C)C)c(O)cc1O. The van der Waals surface area contributed by atoms with Gasteiger partial charge in [0.15, 0.2) is 0 Å². The molecule has 96 valence electrons. The number of rotatable bonds is 3. The molecule has 0 aromatic heterocycles. The van der Waals surface area contributed by atoms with Gasteiger partial charge >= 0.3 is 114 Å². The zero-order valence-electron chi connectivity index (χ0n) is 11.2. The Bertz CT molecular complexity index is 394. The zero-order valence-corrected chi connectivity index (χ0v) is 13.6. The van der Waals surface area contributed by atoms with Crippen LogP contribution in [0.2, 0.25) is 3.46 Å². The molecule has 17 heavy (non-hydrogen) atoms. The second-order valence-electron chi connectivity index (χ2n) is 5.40. The van der Waals surface area contributed by atoms with Crippen LogP contribution in [0.5, 0.6) is 11.5 Å². The molecule has 0 heterocycles. The van der Waals surface area contributed by atoms with E-state index in [9.17, 15) is 10.2 Å². The summed E-state index contributed by atoms with van der Waals surface area (Å²) in [7, 11) is 0. The molecule has 1 aromatic rings. The summed E-state index contributed by atoms with van der Waals surface area (Å²) in [6, 6.07) is 3.51. The third kappa shape index (κ3) is 4.08. The van der Waals surface area contributed by atoms with Gasteiger partial charge in [0.25, 0.3) is 0 Å². The van der Waals surface area contributed by atoms with Gasteiger partial charge in [-0.25, -0.2) is 0 Å². The fourth-order valence-electron chi connectivity index (χ4n) is 1.60. The molecule has 0 saturated carbocycles. The van der Waals surface area contributed by atoms with Crippen LogP contribution in [-0.4, -0.2) is 31.1 Å². The van der Waals surface area contributed by atoms with Gasteiger partial charge in [-0.2, -0.15) is 0 Å². The van der Waals surface area contributed by atoms with Crippen molar-refractivity contribution in [2.75, 3.05) is 0 Å². The summed E-state index contributed by atoms with van der Waals surface area (Å²) in [6.07, 6.45) is 0.994. The molecule has 1 aromatic carbocycles. The second-order valence-corrected chi connectivity index (χ2v) is 10.7. The van der Waals surface area contributed by atoms with E-state index in [2.05, 4.69) is 34.6 Å². The van der Waals surface area contributed by atoms with Crippen molar-refractivity contribution in [3.63, 3.8) is 0 Å². The maximum atomic E-state index is 9.91. The molecular formula is C14H22O2Te. The van der Waals surface area contributed by atoms with Gasteiger partial charge in [-0.15, -0.1) is 0 Å². The zero-order chi connectivity index (χ0) is 13.2. The van der Waals surface area contributed by atoms with Gasteiger partial charge in [0.2, 0.25) is 0 Å². The van der Waals surface area contributed by atoms with Crippen LogP contribution in [0.25, 0.3) is 0 Å². The minimum absolute atomic E-state index is 0.224. The van der Waals surface area contributed by atoms with E-state index in [1.807, 2.05) is 6.07 Å². The van der Waals surface area contributed by atoms with Crippen molar-refractivity contribution in [1.82, 2.24) is 0 Å². The number of hydrogen-bond acceptors (Lipinski definition) is 2. The quantitative estimate of drug-likeness (QED) is 0.823. The summed E-state index contributed by atoms with van der Waals surface area (Å²) in [5, 5.41) is 19.8. The molecule has 0 spiro atoms. The average molecular weight is 350 g/mol. The Morgan fingerprint density at radius 3 is 2.24 bits per heavy atom. The fourth-order valence-corrected chi connectivity index (χ4v) is 4.48. The predicted octanol–water partition coefficient (Wildman–Crippen LogP) is 3.16. The Labute approximate surface area is 114 Å². The Hall–Kier alpha value is -0.390. The first-order chi connectivity index (χ1) is 7.74. The standard InChI is InChI=1S/C14H22O2Te/c1-6-9(2)10-7-13(17-14(3,4)5)12(16)8-11(10)15/h7-9,15-16H,6H2,1-5H3. The Morgan fingerprint density at radius 2 is 1.76 bits per heavy atom. The second kappa shape index (κ2) is 5.50.